The summed E-state index contributed by atoms with van der Waals surface area (Å²) < 4.78 is 0. The van der Waals surface area contributed by atoms with Crippen LogP contribution in [0.25, 0.3) is 0 Å². The first-order chi connectivity index (χ1) is 8.30. The minimum absolute atomic E-state index is 0.125. The molecule has 0 amide bonds. The normalized spacial score (nSPS) is 36.0. The van der Waals surface area contributed by atoms with E-state index in [2.05, 4.69) is 29.7 Å². The van der Waals surface area contributed by atoms with Crippen molar-refractivity contribution in [3.63, 3.8) is 0 Å². The van der Waals surface area contributed by atoms with Crippen LogP contribution in [-0.2, 0) is 0 Å². The van der Waals surface area contributed by atoms with Crippen molar-refractivity contribution in [2.45, 2.75) is 68.6 Å². The fourth-order valence-corrected chi connectivity index (χ4v) is 5.95. The summed E-state index contributed by atoms with van der Waals surface area (Å²) in [7, 11) is 4.10. The van der Waals surface area contributed by atoms with Gasteiger partial charge in [0.2, 0.25) is 0 Å². The van der Waals surface area contributed by atoms with E-state index in [1.165, 1.54) is 51.4 Å². The Hall–Kier alpha value is 0.0969. The van der Waals surface area contributed by atoms with Crippen molar-refractivity contribution < 1.29 is 0 Å². The average molecular weight is 255 g/mol. The van der Waals surface area contributed by atoms with Gasteiger partial charge in [0.15, 0.2) is 0 Å². The van der Waals surface area contributed by atoms with Gasteiger partial charge >= 0.3 is 0 Å². The number of likely N-dealkylation sites (N-methyl/N-ethyl adjacent to an activating group) is 2. The van der Waals surface area contributed by atoms with Crippen LogP contribution in [0.15, 0.2) is 0 Å². The molecule has 100 valence electrons. The van der Waals surface area contributed by atoms with Crippen LogP contribution >= 0.6 is 0 Å². The topological polar surface area (TPSA) is 36.1 Å². The maximum Gasteiger partial charge on any atom is 0.0968 e. The van der Waals surface area contributed by atoms with Crippen LogP contribution in [-0.4, -0.2) is 35.5 Å². The monoisotopic (exact) mass is 255 g/mol. The lowest BCUT2D eigenvalue weighted by molar-refractivity contribution is 0.271. The third kappa shape index (κ3) is 3.11. The molecule has 0 aromatic carbocycles. The van der Waals surface area contributed by atoms with E-state index in [4.69, 9.17) is 0 Å². The summed E-state index contributed by atoms with van der Waals surface area (Å²) in [4.78, 5) is 3.98. The quantitative estimate of drug-likeness (QED) is 0.509. The first kappa shape index (κ1) is 13.5. The largest absolute Gasteiger partial charge is 0.324 e. The highest BCUT2D eigenvalue weighted by Crippen LogP contribution is 2.30. The molecule has 0 saturated heterocycles. The Bertz CT molecular complexity index is 231. The first-order valence-electron chi connectivity index (χ1n) is 7.42. The standard InChI is InChI=1S/C13H29N3Si/c1-14-12-9-6-10-13(12,15-2)16-17-11-7-4-3-5-8-11/h11-12,14-16H,3-10,17H2,1-2H3. The van der Waals surface area contributed by atoms with Crippen LogP contribution in [0.5, 0.6) is 0 Å². The molecule has 0 bridgehead atoms. The molecule has 0 spiro atoms. The van der Waals surface area contributed by atoms with Gasteiger partial charge in [0.1, 0.15) is 0 Å². The molecule has 2 unspecified atom stereocenters. The van der Waals surface area contributed by atoms with Gasteiger partial charge < -0.3 is 15.6 Å². The van der Waals surface area contributed by atoms with E-state index >= 15 is 0 Å². The highest BCUT2D eigenvalue weighted by Gasteiger charge is 2.40. The SMILES string of the molecule is CNC1CCCC1(NC)N[SiH2]C1CCCCC1. The Morgan fingerprint density at radius 1 is 1.00 bits per heavy atom. The lowest BCUT2D eigenvalue weighted by atomic mass is 10.0. The predicted molar refractivity (Wildman–Crippen MR) is 77.0 cm³/mol. The third-order valence-electron chi connectivity index (χ3n) is 4.88. The zero-order valence-corrected chi connectivity index (χ0v) is 12.9. The molecule has 0 heterocycles. The Kier molecular flexibility index (Phi) is 5.03. The van der Waals surface area contributed by atoms with E-state index in [-0.39, 0.29) is 15.3 Å². The molecular formula is C13H29N3Si. The highest BCUT2D eigenvalue weighted by molar-refractivity contribution is 6.34. The second kappa shape index (κ2) is 6.32. The summed E-state index contributed by atoms with van der Waals surface area (Å²) in [5.41, 5.74) is 1.25. The molecule has 0 aromatic heterocycles. The maximum absolute atomic E-state index is 3.98. The van der Waals surface area contributed by atoms with Gasteiger partial charge in [-0.3, -0.25) is 0 Å². The molecule has 0 radical (unpaired) electrons. The summed E-state index contributed by atoms with van der Waals surface area (Å²) >= 11 is 0. The van der Waals surface area contributed by atoms with Gasteiger partial charge in [0.25, 0.3) is 0 Å². The zero-order chi connectivity index (χ0) is 12.1. The molecule has 2 saturated carbocycles. The minimum atomic E-state index is -0.125. The van der Waals surface area contributed by atoms with Gasteiger partial charge in [-0.15, -0.1) is 0 Å². The van der Waals surface area contributed by atoms with Crippen LogP contribution < -0.4 is 15.6 Å². The van der Waals surface area contributed by atoms with Crippen LogP contribution in [0, 0.1) is 0 Å². The number of hydrogen-bond acceptors (Lipinski definition) is 3. The molecule has 0 aromatic rings. The molecule has 3 N–H and O–H groups in total. The van der Waals surface area contributed by atoms with Crippen LogP contribution in [0.3, 0.4) is 0 Å². The fourth-order valence-electron chi connectivity index (χ4n) is 3.71. The number of nitrogens with one attached hydrogen (secondary N) is 3. The van der Waals surface area contributed by atoms with Crippen molar-refractivity contribution in [3.05, 3.63) is 0 Å². The molecule has 2 fully saturated rings. The summed E-state index contributed by atoms with van der Waals surface area (Å²) in [6.45, 7) is 0. The Balaban J connectivity index is 1.85. The van der Waals surface area contributed by atoms with Crippen molar-refractivity contribution in [2.24, 2.45) is 0 Å². The fraction of sp³-hybridized carbons (Fsp3) is 1.00. The second-order valence-electron chi connectivity index (χ2n) is 5.84. The minimum Gasteiger partial charge on any atom is -0.324 e. The first-order valence-corrected chi connectivity index (χ1v) is 8.94. The molecule has 0 aliphatic heterocycles. The van der Waals surface area contributed by atoms with Gasteiger partial charge in [0.05, 0.1) is 15.3 Å². The molecule has 17 heavy (non-hydrogen) atoms. The second-order valence-corrected chi connectivity index (χ2v) is 7.76. The number of rotatable bonds is 5. The Morgan fingerprint density at radius 2 is 1.76 bits per heavy atom. The summed E-state index contributed by atoms with van der Waals surface area (Å²) in [5.74, 6) is 0. The lowest BCUT2D eigenvalue weighted by Crippen LogP contribution is -2.65. The van der Waals surface area contributed by atoms with Crippen molar-refractivity contribution >= 4 is 9.68 Å². The maximum atomic E-state index is 3.98. The number of hydrogen-bond donors (Lipinski definition) is 3. The summed E-state index contributed by atoms with van der Waals surface area (Å²) in [6, 6.07) is 0.614. The van der Waals surface area contributed by atoms with E-state index in [0.717, 1.165) is 5.54 Å². The van der Waals surface area contributed by atoms with Crippen LogP contribution in [0.1, 0.15) is 51.4 Å². The molecule has 3 nitrogen and oxygen atoms in total. The van der Waals surface area contributed by atoms with E-state index < -0.39 is 0 Å². The molecule has 2 aliphatic carbocycles. The van der Waals surface area contributed by atoms with Gasteiger partial charge in [-0.1, -0.05) is 32.1 Å². The van der Waals surface area contributed by atoms with Gasteiger partial charge in [-0.25, -0.2) is 0 Å². The van der Waals surface area contributed by atoms with E-state index in [0.29, 0.717) is 6.04 Å². The van der Waals surface area contributed by atoms with Crippen molar-refractivity contribution in [3.8, 4) is 0 Å². The smallest absolute Gasteiger partial charge is 0.0968 e. The zero-order valence-electron chi connectivity index (χ0n) is 11.5. The predicted octanol–water partition coefficient (Wildman–Crippen LogP) is 1.10. The summed E-state index contributed by atoms with van der Waals surface area (Å²) in [5, 5.41) is 7.07. The van der Waals surface area contributed by atoms with Crippen LogP contribution in [0.4, 0.5) is 0 Å². The van der Waals surface area contributed by atoms with Crippen molar-refractivity contribution in [1.82, 2.24) is 15.6 Å². The molecule has 2 aliphatic rings. The van der Waals surface area contributed by atoms with Gasteiger partial charge in [-0.2, -0.15) is 0 Å². The lowest BCUT2D eigenvalue weighted by Gasteiger charge is -2.38. The average Bonchev–Trinajstić information content (AvgIpc) is 2.81. The van der Waals surface area contributed by atoms with Crippen molar-refractivity contribution in [1.29, 1.82) is 0 Å². The van der Waals surface area contributed by atoms with Crippen LogP contribution in [0.2, 0.25) is 5.54 Å². The molecular weight excluding hydrogens is 226 g/mol. The molecule has 2 atom stereocenters. The van der Waals surface area contributed by atoms with E-state index in [9.17, 15) is 0 Å². The van der Waals surface area contributed by atoms with E-state index in [1.807, 2.05) is 0 Å². The third-order valence-corrected chi connectivity index (χ3v) is 7.11. The highest BCUT2D eigenvalue weighted by atomic mass is 28.2. The van der Waals surface area contributed by atoms with Gasteiger partial charge in [0, 0.05) is 6.04 Å². The Morgan fingerprint density at radius 3 is 2.41 bits per heavy atom. The Labute approximate surface area is 108 Å². The van der Waals surface area contributed by atoms with Crippen molar-refractivity contribution in [2.75, 3.05) is 14.1 Å². The van der Waals surface area contributed by atoms with Gasteiger partial charge in [-0.05, 0) is 38.9 Å². The molecule has 2 rings (SSSR count). The molecule has 4 heteroatoms. The van der Waals surface area contributed by atoms with E-state index in [1.54, 1.807) is 0 Å². The summed E-state index contributed by atoms with van der Waals surface area (Å²) in [6.07, 6.45) is 11.3.